The van der Waals surface area contributed by atoms with Crippen LogP contribution in [0.2, 0.25) is 0 Å². The van der Waals surface area contributed by atoms with Gasteiger partial charge in [0, 0.05) is 64.4 Å². The number of nitrogens with two attached hydrogens (primary N) is 1. The highest BCUT2D eigenvalue weighted by Crippen LogP contribution is 2.42. The Labute approximate surface area is 287 Å². The molecule has 9 nitrogen and oxygen atoms in total. The summed E-state index contributed by atoms with van der Waals surface area (Å²) in [5.74, 6) is 0.455. The van der Waals surface area contributed by atoms with Gasteiger partial charge in [-0.3, -0.25) is 14.5 Å². The largest absolute Gasteiger partial charge is 0.380 e. The Morgan fingerprint density at radius 3 is 1.91 bits per heavy atom. The molecule has 0 radical (unpaired) electrons. The van der Waals surface area contributed by atoms with Gasteiger partial charge in [0.2, 0.25) is 11.8 Å². The molecule has 0 aromatic carbocycles. The number of amides is 2. The van der Waals surface area contributed by atoms with Crippen LogP contribution in [0.4, 0.5) is 0 Å². The van der Waals surface area contributed by atoms with E-state index in [2.05, 4.69) is 68.0 Å². The van der Waals surface area contributed by atoms with Gasteiger partial charge < -0.3 is 30.7 Å². The maximum absolute atomic E-state index is 13.3. The van der Waals surface area contributed by atoms with Crippen molar-refractivity contribution in [2.75, 3.05) is 55.4 Å². The predicted octanol–water partition coefficient (Wildman–Crippen LogP) is 5.39. The average molecular weight is 656 g/mol. The Bertz CT molecular complexity index is 1100. The van der Waals surface area contributed by atoms with Gasteiger partial charge in [-0.05, 0) is 64.0 Å². The van der Waals surface area contributed by atoms with E-state index in [4.69, 9.17) is 18.9 Å². The fourth-order valence-corrected chi connectivity index (χ4v) is 7.75. The lowest BCUT2D eigenvalue weighted by atomic mass is 9.87. The second kappa shape index (κ2) is 18.0. The number of hydrogen-bond acceptors (Lipinski definition) is 7. The van der Waals surface area contributed by atoms with Crippen LogP contribution in [0.3, 0.4) is 0 Å². The lowest BCUT2D eigenvalue weighted by Crippen LogP contribution is -2.56. The summed E-state index contributed by atoms with van der Waals surface area (Å²) in [5.41, 5.74) is 9.13. The quantitative estimate of drug-likeness (QED) is 0.172. The summed E-state index contributed by atoms with van der Waals surface area (Å²) in [5, 5.41) is 3.46. The van der Waals surface area contributed by atoms with Gasteiger partial charge in [0.05, 0.1) is 24.2 Å². The zero-order valence-electron chi connectivity index (χ0n) is 31.5. The molecule has 0 saturated heterocycles. The molecule has 2 fully saturated rings. The second-order valence-electron chi connectivity index (χ2n) is 15.1. The molecule has 0 aromatic rings. The average Bonchev–Trinajstić information content (AvgIpc) is 3.70. The van der Waals surface area contributed by atoms with E-state index in [0.717, 1.165) is 74.3 Å². The number of nitrogens with one attached hydrogen (secondary N) is 1. The molecule has 47 heavy (non-hydrogen) atoms. The predicted molar refractivity (Wildman–Crippen MR) is 197 cm³/mol. The Kier molecular flexibility index (Phi) is 15.4. The first-order valence-electron chi connectivity index (χ1n) is 17.9. The van der Waals surface area contributed by atoms with E-state index in [-0.39, 0.29) is 23.9 Å². The van der Waals surface area contributed by atoms with Crippen LogP contribution < -0.4 is 11.1 Å². The van der Waals surface area contributed by atoms with Gasteiger partial charge in [-0.15, -0.1) is 0 Å². The first-order valence-corrected chi connectivity index (χ1v) is 17.9. The third kappa shape index (κ3) is 10.5. The van der Waals surface area contributed by atoms with Gasteiger partial charge in [0.25, 0.3) is 0 Å². The normalized spacial score (nSPS) is 18.0. The molecular formula is C38H69N7O2. The lowest BCUT2D eigenvalue weighted by molar-refractivity contribution is -0.124. The van der Waals surface area contributed by atoms with Gasteiger partial charge in [-0.2, -0.15) is 0 Å². The molecule has 0 unspecified atom stereocenters. The molecule has 3 N–H and O–H groups in total. The number of likely N-dealkylation sites (N-methyl/N-ethyl adjacent to an activating group) is 5. The minimum absolute atomic E-state index is 0.00917. The fourth-order valence-electron chi connectivity index (χ4n) is 7.75. The third-order valence-corrected chi connectivity index (χ3v) is 10.7. The zero-order chi connectivity index (χ0) is 35.6. The lowest BCUT2D eigenvalue weighted by Gasteiger charge is -2.47. The number of hydrogen-bond donors (Lipinski definition) is 2. The zero-order valence-corrected chi connectivity index (χ0v) is 31.5. The van der Waals surface area contributed by atoms with Crippen LogP contribution in [0.1, 0.15) is 91.4 Å². The van der Waals surface area contributed by atoms with E-state index in [1.165, 1.54) is 12.8 Å². The number of nitrogens with zero attached hydrogens (tertiary/aromatic N) is 5. The maximum atomic E-state index is 13.3. The van der Waals surface area contributed by atoms with Gasteiger partial charge in [-0.1, -0.05) is 72.8 Å². The molecule has 2 aliphatic rings. The molecule has 0 heterocycles. The van der Waals surface area contributed by atoms with Gasteiger partial charge >= 0.3 is 0 Å². The Hall–Kier alpha value is -2.94. The molecule has 9 heteroatoms. The minimum Gasteiger partial charge on any atom is -0.380 e. The number of primary amides is 1. The molecule has 0 bridgehead atoms. The SMILES string of the molecule is C=C([C@H](CC(=C)N(C)[C@@H](CC(C)C)C(N)=O)N(C)C(=C)[C@H](C1CCCC1)N(C)C(=C)C1(NC(=O)CN(C)CCC)CCCC1)N(C)C. The van der Waals surface area contributed by atoms with E-state index in [1.807, 2.05) is 38.0 Å². The van der Waals surface area contributed by atoms with Crippen LogP contribution in [-0.2, 0) is 9.59 Å². The van der Waals surface area contributed by atoms with Crippen LogP contribution in [0.5, 0.6) is 0 Å². The molecule has 268 valence electrons. The number of rotatable bonds is 21. The van der Waals surface area contributed by atoms with Crippen molar-refractivity contribution in [2.45, 2.75) is 115 Å². The van der Waals surface area contributed by atoms with Crippen molar-refractivity contribution >= 4 is 11.8 Å². The molecule has 3 atom stereocenters. The molecular weight excluding hydrogens is 586 g/mol. The number of carbonyl (C=O) groups is 2. The Balaban J connectivity index is 2.41. The molecule has 0 aliphatic heterocycles. The summed E-state index contributed by atoms with van der Waals surface area (Å²) < 4.78 is 0. The smallest absolute Gasteiger partial charge is 0.240 e. The minimum atomic E-state index is -0.460. The highest BCUT2D eigenvalue weighted by atomic mass is 16.2. The van der Waals surface area contributed by atoms with Crippen molar-refractivity contribution in [3.63, 3.8) is 0 Å². The van der Waals surface area contributed by atoms with Crippen LogP contribution in [0, 0.1) is 11.8 Å². The van der Waals surface area contributed by atoms with Crippen LogP contribution in [0.25, 0.3) is 0 Å². The van der Waals surface area contributed by atoms with Crippen LogP contribution >= 0.6 is 0 Å². The van der Waals surface area contributed by atoms with E-state index in [1.54, 1.807) is 0 Å². The molecule has 2 amide bonds. The summed E-state index contributed by atoms with van der Waals surface area (Å²) in [7, 11) is 12.2. The van der Waals surface area contributed by atoms with Crippen molar-refractivity contribution in [2.24, 2.45) is 17.6 Å². The van der Waals surface area contributed by atoms with E-state index >= 15 is 0 Å². The summed E-state index contributed by atoms with van der Waals surface area (Å²) in [4.78, 5) is 36.5. The fraction of sp³-hybridized carbons (Fsp3) is 0.737. The van der Waals surface area contributed by atoms with E-state index < -0.39 is 11.6 Å². The third-order valence-electron chi connectivity index (χ3n) is 10.7. The number of carbonyl (C=O) groups excluding carboxylic acids is 2. The van der Waals surface area contributed by atoms with Gasteiger partial charge in [0.15, 0.2) is 0 Å². The molecule has 2 saturated carbocycles. The van der Waals surface area contributed by atoms with Crippen molar-refractivity contribution in [3.05, 3.63) is 49.1 Å². The maximum Gasteiger partial charge on any atom is 0.240 e. The first-order chi connectivity index (χ1) is 22.0. The van der Waals surface area contributed by atoms with Crippen molar-refractivity contribution < 1.29 is 9.59 Å². The van der Waals surface area contributed by atoms with Gasteiger partial charge in [0.1, 0.15) is 6.04 Å². The van der Waals surface area contributed by atoms with Crippen LogP contribution in [-0.4, -0.2) is 115 Å². The molecule has 0 aromatic heterocycles. The standard InChI is InChI=1S/C38H69N7O2/c1-14-23-42(10)26-35(46)40-38(21-17-18-22-38)31(7)45(13)36(32-19-15-16-20-32)30(6)44(12)33(29(5)41(8)9)25-28(4)43(11)34(37(39)47)24-27(2)3/h27,32-34,36H,4-7,14-26H2,1-3,8-13H3,(H2,39,47)(H,40,46)/t33-,34-,36+/m0/s1. The van der Waals surface area contributed by atoms with E-state index in [0.29, 0.717) is 31.2 Å². The van der Waals surface area contributed by atoms with Gasteiger partial charge in [-0.25, -0.2) is 0 Å². The van der Waals surface area contributed by atoms with Crippen molar-refractivity contribution in [1.82, 2.24) is 29.8 Å². The molecule has 0 spiro atoms. The topological polar surface area (TPSA) is 88.4 Å². The Morgan fingerprint density at radius 1 is 0.851 bits per heavy atom. The van der Waals surface area contributed by atoms with Crippen molar-refractivity contribution in [3.8, 4) is 0 Å². The first kappa shape index (κ1) is 40.2. The summed E-state index contributed by atoms with van der Waals surface area (Å²) in [6.07, 6.45) is 10.8. The summed E-state index contributed by atoms with van der Waals surface area (Å²) in [6.45, 7) is 26.0. The van der Waals surface area contributed by atoms with E-state index in [9.17, 15) is 9.59 Å². The highest BCUT2D eigenvalue weighted by Gasteiger charge is 2.43. The Morgan fingerprint density at radius 2 is 1.43 bits per heavy atom. The molecule has 2 aliphatic carbocycles. The van der Waals surface area contributed by atoms with Crippen LogP contribution in [0.15, 0.2) is 49.1 Å². The highest BCUT2D eigenvalue weighted by molar-refractivity contribution is 5.80. The molecule has 2 rings (SSSR count). The monoisotopic (exact) mass is 656 g/mol. The summed E-state index contributed by atoms with van der Waals surface area (Å²) >= 11 is 0. The summed E-state index contributed by atoms with van der Waals surface area (Å²) in [6, 6.07) is -0.556. The second-order valence-corrected chi connectivity index (χ2v) is 15.1. The van der Waals surface area contributed by atoms with Crippen molar-refractivity contribution in [1.29, 1.82) is 0 Å².